The molecule has 0 fully saturated rings. The van der Waals surface area contributed by atoms with Crippen LogP contribution in [0.3, 0.4) is 0 Å². The molecule has 0 radical (unpaired) electrons. The Morgan fingerprint density at radius 2 is 2.00 bits per heavy atom. The maximum Gasteiger partial charge on any atom is 0.265 e. The van der Waals surface area contributed by atoms with Crippen LogP contribution in [0.1, 0.15) is 51.6 Å². The van der Waals surface area contributed by atoms with Gasteiger partial charge in [0, 0.05) is 29.1 Å². The van der Waals surface area contributed by atoms with Crippen LogP contribution in [0.4, 0.5) is 5.69 Å². The van der Waals surface area contributed by atoms with Gasteiger partial charge in [0.2, 0.25) is 0 Å². The second-order valence-corrected chi connectivity index (χ2v) is 8.49. The summed E-state index contributed by atoms with van der Waals surface area (Å²) in [6, 6.07) is 10.0. The van der Waals surface area contributed by atoms with Gasteiger partial charge in [-0.1, -0.05) is 18.6 Å². The molecule has 6 heteroatoms. The van der Waals surface area contributed by atoms with Crippen molar-refractivity contribution in [2.45, 2.75) is 51.5 Å². The van der Waals surface area contributed by atoms with Gasteiger partial charge in [-0.05, 0) is 55.9 Å². The first-order valence-corrected chi connectivity index (χ1v) is 10.5. The standard InChI is InChI=1S/C21H22N4OS/c26-21(18-13-14-6-5-9-17(14)27-18)22-16-8-4-7-15(12-16)20-24-23-19-10-2-1-3-11-25(19)20/h4,7-8,12-13H,1-3,5-6,9-11H2,(H,22,26). The quantitative estimate of drug-likeness (QED) is 0.731. The maximum absolute atomic E-state index is 12.7. The molecule has 0 unspecified atom stereocenters. The number of amides is 1. The van der Waals surface area contributed by atoms with E-state index in [1.165, 1.54) is 29.7 Å². The number of benzene rings is 1. The molecule has 1 aliphatic heterocycles. The fourth-order valence-corrected chi connectivity index (χ4v) is 5.22. The van der Waals surface area contributed by atoms with E-state index in [-0.39, 0.29) is 5.91 Å². The molecular weight excluding hydrogens is 356 g/mol. The molecule has 2 aromatic heterocycles. The molecule has 3 heterocycles. The van der Waals surface area contributed by atoms with Gasteiger partial charge in [0.1, 0.15) is 5.82 Å². The third-order valence-corrected chi connectivity index (χ3v) is 6.69. The molecular formula is C21H22N4OS. The van der Waals surface area contributed by atoms with Crippen molar-refractivity contribution in [3.63, 3.8) is 0 Å². The summed E-state index contributed by atoms with van der Waals surface area (Å²) in [6.45, 7) is 0.967. The Hall–Kier alpha value is -2.47. The number of hydrogen-bond acceptors (Lipinski definition) is 4. The normalized spacial score (nSPS) is 15.9. The van der Waals surface area contributed by atoms with Crippen LogP contribution < -0.4 is 5.32 Å². The number of carbonyl (C=O) groups excluding carboxylic acids is 1. The Morgan fingerprint density at radius 1 is 1.04 bits per heavy atom. The minimum Gasteiger partial charge on any atom is -0.321 e. The number of thiophene rings is 1. The number of nitrogens with one attached hydrogen (secondary N) is 1. The van der Waals surface area contributed by atoms with E-state index in [1.54, 1.807) is 11.3 Å². The second kappa shape index (κ2) is 6.93. The lowest BCUT2D eigenvalue weighted by molar-refractivity contribution is 0.103. The third kappa shape index (κ3) is 3.18. The average Bonchev–Trinajstić information content (AvgIpc) is 3.33. The summed E-state index contributed by atoms with van der Waals surface area (Å²) in [7, 11) is 0. The number of aryl methyl sites for hydroxylation is 3. The largest absolute Gasteiger partial charge is 0.321 e. The molecule has 0 saturated carbocycles. The molecule has 138 valence electrons. The Bertz CT molecular complexity index is 982. The molecule has 1 aromatic carbocycles. The Morgan fingerprint density at radius 3 is 2.93 bits per heavy atom. The van der Waals surface area contributed by atoms with E-state index in [1.807, 2.05) is 24.3 Å². The van der Waals surface area contributed by atoms with Crippen molar-refractivity contribution in [2.75, 3.05) is 5.32 Å². The average molecular weight is 379 g/mol. The predicted molar refractivity (Wildman–Crippen MR) is 107 cm³/mol. The zero-order chi connectivity index (χ0) is 18.2. The fraction of sp³-hybridized carbons (Fsp3) is 0.381. The van der Waals surface area contributed by atoms with Crippen LogP contribution in [0.15, 0.2) is 30.3 Å². The first-order valence-electron chi connectivity index (χ1n) is 9.73. The number of nitrogens with zero attached hydrogens (tertiary/aromatic N) is 3. The van der Waals surface area contributed by atoms with Crippen molar-refractivity contribution < 1.29 is 4.79 Å². The van der Waals surface area contributed by atoms with E-state index in [0.717, 1.165) is 60.0 Å². The Kier molecular flexibility index (Phi) is 4.28. The summed E-state index contributed by atoms with van der Waals surface area (Å²) in [5, 5.41) is 11.9. The zero-order valence-electron chi connectivity index (χ0n) is 15.2. The van der Waals surface area contributed by atoms with E-state index in [4.69, 9.17) is 0 Å². The topological polar surface area (TPSA) is 59.8 Å². The highest BCUT2D eigenvalue weighted by Gasteiger charge is 2.19. The molecule has 1 N–H and O–H groups in total. The van der Waals surface area contributed by atoms with Crippen LogP contribution in [0.2, 0.25) is 0 Å². The van der Waals surface area contributed by atoms with Crippen LogP contribution in [-0.4, -0.2) is 20.7 Å². The number of carbonyl (C=O) groups is 1. The summed E-state index contributed by atoms with van der Waals surface area (Å²) < 4.78 is 2.23. The highest BCUT2D eigenvalue weighted by molar-refractivity contribution is 7.14. The number of fused-ring (bicyclic) bond motifs is 2. The van der Waals surface area contributed by atoms with Crippen molar-refractivity contribution in [1.29, 1.82) is 0 Å². The number of rotatable bonds is 3. The first-order chi connectivity index (χ1) is 13.3. The van der Waals surface area contributed by atoms with Crippen LogP contribution >= 0.6 is 11.3 Å². The molecule has 3 aromatic rings. The lowest BCUT2D eigenvalue weighted by atomic mass is 10.2. The van der Waals surface area contributed by atoms with Crippen molar-refractivity contribution in [2.24, 2.45) is 0 Å². The van der Waals surface area contributed by atoms with Crippen LogP contribution in [0.5, 0.6) is 0 Å². The molecule has 1 aliphatic carbocycles. The first kappa shape index (κ1) is 16.7. The number of anilines is 1. The summed E-state index contributed by atoms with van der Waals surface area (Å²) in [6.07, 6.45) is 8.01. The van der Waals surface area contributed by atoms with Crippen molar-refractivity contribution in [3.05, 3.63) is 51.5 Å². The summed E-state index contributed by atoms with van der Waals surface area (Å²) in [4.78, 5) is 14.8. The molecule has 0 atom stereocenters. The second-order valence-electron chi connectivity index (χ2n) is 7.35. The van der Waals surface area contributed by atoms with E-state index in [0.29, 0.717) is 0 Å². The SMILES string of the molecule is O=C(Nc1cccc(-c2nnc3n2CCCCC3)c1)c1cc2c(s1)CCC2. The van der Waals surface area contributed by atoms with Gasteiger partial charge in [0.25, 0.3) is 5.91 Å². The minimum atomic E-state index is -0.0216. The lowest BCUT2D eigenvalue weighted by Crippen LogP contribution is -2.10. The van der Waals surface area contributed by atoms with Gasteiger partial charge in [-0.15, -0.1) is 21.5 Å². The molecule has 5 nitrogen and oxygen atoms in total. The lowest BCUT2D eigenvalue weighted by Gasteiger charge is -2.09. The monoisotopic (exact) mass is 378 g/mol. The van der Waals surface area contributed by atoms with Gasteiger partial charge in [-0.3, -0.25) is 4.79 Å². The predicted octanol–water partition coefficient (Wildman–Crippen LogP) is 4.47. The van der Waals surface area contributed by atoms with E-state index >= 15 is 0 Å². The molecule has 0 saturated heterocycles. The van der Waals surface area contributed by atoms with Gasteiger partial charge in [-0.2, -0.15) is 0 Å². The number of hydrogen-bond donors (Lipinski definition) is 1. The third-order valence-electron chi connectivity index (χ3n) is 5.46. The molecule has 0 bridgehead atoms. The molecule has 27 heavy (non-hydrogen) atoms. The summed E-state index contributed by atoms with van der Waals surface area (Å²) in [5.41, 5.74) is 3.16. The highest BCUT2D eigenvalue weighted by Crippen LogP contribution is 2.31. The molecule has 5 rings (SSSR count). The van der Waals surface area contributed by atoms with E-state index < -0.39 is 0 Å². The van der Waals surface area contributed by atoms with Gasteiger partial charge < -0.3 is 9.88 Å². The molecule has 2 aliphatic rings. The minimum absolute atomic E-state index is 0.0216. The highest BCUT2D eigenvalue weighted by atomic mass is 32.1. The van der Waals surface area contributed by atoms with Crippen molar-refractivity contribution in [3.8, 4) is 11.4 Å². The van der Waals surface area contributed by atoms with Gasteiger partial charge >= 0.3 is 0 Å². The van der Waals surface area contributed by atoms with Crippen LogP contribution in [0, 0.1) is 0 Å². The zero-order valence-corrected chi connectivity index (χ0v) is 16.0. The van der Waals surface area contributed by atoms with E-state index in [2.05, 4.69) is 26.1 Å². The van der Waals surface area contributed by atoms with Crippen molar-refractivity contribution >= 4 is 22.9 Å². The smallest absolute Gasteiger partial charge is 0.265 e. The van der Waals surface area contributed by atoms with Crippen molar-refractivity contribution in [1.82, 2.24) is 14.8 Å². The molecule has 1 amide bonds. The van der Waals surface area contributed by atoms with E-state index in [9.17, 15) is 4.79 Å². The van der Waals surface area contributed by atoms with Crippen LogP contribution in [-0.2, 0) is 25.8 Å². The van der Waals surface area contributed by atoms with Gasteiger partial charge in [0.05, 0.1) is 4.88 Å². The fourth-order valence-electron chi connectivity index (χ4n) is 4.07. The maximum atomic E-state index is 12.7. The Labute approximate surface area is 162 Å². The van der Waals surface area contributed by atoms with Crippen LogP contribution in [0.25, 0.3) is 11.4 Å². The summed E-state index contributed by atoms with van der Waals surface area (Å²) >= 11 is 1.63. The number of aromatic nitrogens is 3. The van der Waals surface area contributed by atoms with Gasteiger partial charge in [-0.25, -0.2) is 0 Å². The Balaban J connectivity index is 1.39. The summed E-state index contributed by atoms with van der Waals surface area (Å²) in [5.74, 6) is 1.95. The van der Waals surface area contributed by atoms with Gasteiger partial charge in [0.15, 0.2) is 5.82 Å². The molecule has 0 spiro atoms.